The van der Waals surface area contributed by atoms with Gasteiger partial charge < -0.3 is 15.8 Å². The fourth-order valence-corrected chi connectivity index (χ4v) is 3.52. The van der Waals surface area contributed by atoms with Gasteiger partial charge in [-0.15, -0.1) is 0 Å². The molecular weight excluding hydrogens is 356 g/mol. The van der Waals surface area contributed by atoms with Crippen LogP contribution < -0.4 is 15.8 Å². The summed E-state index contributed by atoms with van der Waals surface area (Å²) in [5, 5.41) is 7.89. The number of carbonyl (C=O) groups excluding carboxylic acids is 2. The second-order valence-corrected chi connectivity index (χ2v) is 7.18. The molecule has 2 aromatic carbocycles. The Labute approximate surface area is 162 Å². The Morgan fingerprint density at radius 2 is 1.96 bits per heavy atom. The standard InChI is InChI=1S/C21H22N4O3/c1-25-18(19(26)23-21(20(22)27)10-5-11-21)16-12-15(8-9-17(16)24-25)28-13-14-6-3-2-4-7-14/h2-4,6-9,12H,5,10-11,13H2,1H3,(H2,22,27)(H,23,26). The molecule has 0 atom stereocenters. The van der Waals surface area contributed by atoms with Crippen molar-refractivity contribution in [1.29, 1.82) is 0 Å². The Balaban J connectivity index is 1.60. The Kier molecular flexibility index (Phi) is 4.50. The van der Waals surface area contributed by atoms with Gasteiger partial charge in [-0.25, -0.2) is 0 Å². The number of benzene rings is 2. The molecule has 28 heavy (non-hydrogen) atoms. The van der Waals surface area contributed by atoms with Gasteiger partial charge in [-0.05, 0) is 43.0 Å². The second kappa shape index (κ2) is 6.99. The maximum atomic E-state index is 12.9. The van der Waals surface area contributed by atoms with E-state index in [1.165, 1.54) is 4.68 Å². The van der Waals surface area contributed by atoms with Crippen LogP contribution in [0.3, 0.4) is 0 Å². The topological polar surface area (TPSA) is 99.2 Å². The van der Waals surface area contributed by atoms with Crippen LogP contribution in [0.1, 0.15) is 35.3 Å². The summed E-state index contributed by atoms with van der Waals surface area (Å²) in [5.41, 5.74) is 6.68. The number of nitrogens with two attached hydrogens (primary N) is 1. The lowest BCUT2D eigenvalue weighted by Gasteiger charge is -2.39. The number of nitrogens with one attached hydrogen (secondary N) is 1. The Morgan fingerprint density at radius 1 is 1.21 bits per heavy atom. The normalized spacial score (nSPS) is 15.0. The summed E-state index contributed by atoms with van der Waals surface area (Å²) in [6.07, 6.45) is 2.00. The molecule has 0 spiro atoms. The zero-order chi connectivity index (χ0) is 19.7. The maximum absolute atomic E-state index is 12.9. The van der Waals surface area contributed by atoms with Crippen LogP contribution in [0, 0.1) is 0 Å². The molecule has 0 bridgehead atoms. The maximum Gasteiger partial charge on any atom is 0.271 e. The van der Waals surface area contributed by atoms with Gasteiger partial charge in [0, 0.05) is 12.4 Å². The summed E-state index contributed by atoms with van der Waals surface area (Å²) < 4.78 is 7.39. The third kappa shape index (κ3) is 3.19. The van der Waals surface area contributed by atoms with E-state index in [0.29, 0.717) is 41.8 Å². The first-order valence-electron chi connectivity index (χ1n) is 9.24. The minimum atomic E-state index is -0.949. The van der Waals surface area contributed by atoms with Crippen LogP contribution in [-0.4, -0.2) is 27.1 Å². The number of fused-ring (bicyclic) bond motifs is 1. The molecule has 1 aliphatic carbocycles. The number of nitrogens with zero attached hydrogens (tertiary/aromatic N) is 2. The smallest absolute Gasteiger partial charge is 0.271 e. The van der Waals surface area contributed by atoms with Gasteiger partial charge in [0.05, 0.1) is 5.52 Å². The lowest BCUT2D eigenvalue weighted by Crippen LogP contribution is -2.61. The number of aryl methyl sites for hydroxylation is 1. The lowest BCUT2D eigenvalue weighted by atomic mass is 9.76. The van der Waals surface area contributed by atoms with Crippen molar-refractivity contribution in [3.8, 4) is 5.75 Å². The largest absolute Gasteiger partial charge is 0.489 e. The van der Waals surface area contributed by atoms with Crippen molar-refractivity contribution in [1.82, 2.24) is 15.1 Å². The molecule has 7 heteroatoms. The monoisotopic (exact) mass is 378 g/mol. The highest BCUT2D eigenvalue weighted by Gasteiger charge is 2.44. The van der Waals surface area contributed by atoms with Gasteiger partial charge >= 0.3 is 0 Å². The van der Waals surface area contributed by atoms with Crippen molar-refractivity contribution < 1.29 is 14.3 Å². The molecule has 0 radical (unpaired) electrons. The van der Waals surface area contributed by atoms with Crippen molar-refractivity contribution in [2.75, 3.05) is 0 Å². The van der Waals surface area contributed by atoms with Gasteiger partial charge in [0.15, 0.2) is 0 Å². The molecule has 3 aromatic rings. The molecular formula is C21H22N4O3. The van der Waals surface area contributed by atoms with Crippen LogP contribution in [0.25, 0.3) is 10.9 Å². The van der Waals surface area contributed by atoms with Crippen molar-refractivity contribution in [2.24, 2.45) is 12.8 Å². The van der Waals surface area contributed by atoms with E-state index in [-0.39, 0.29) is 5.91 Å². The molecule has 1 heterocycles. The van der Waals surface area contributed by atoms with E-state index in [2.05, 4.69) is 10.4 Å². The van der Waals surface area contributed by atoms with Gasteiger partial charge in [0.25, 0.3) is 5.91 Å². The molecule has 0 unspecified atom stereocenters. The van der Waals surface area contributed by atoms with E-state index in [4.69, 9.17) is 10.5 Å². The highest BCUT2D eigenvalue weighted by Crippen LogP contribution is 2.32. The molecule has 7 nitrogen and oxygen atoms in total. The Hall–Kier alpha value is -3.35. The second-order valence-electron chi connectivity index (χ2n) is 7.18. The number of hydrogen-bond donors (Lipinski definition) is 2. The minimum absolute atomic E-state index is 0.358. The summed E-state index contributed by atoms with van der Waals surface area (Å²) in [6, 6.07) is 15.3. The molecule has 3 N–H and O–H groups in total. The molecule has 0 saturated heterocycles. The summed E-state index contributed by atoms with van der Waals surface area (Å²) in [4.78, 5) is 24.7. The van der Waals surface area contributed by atoms with Gasteiger partial charge in [-0.1, -0.05) is 30.3 Å². The van der Waals surface area contributed by atoms with E-state index in [1.807, 2.05) is 42.5 Å². The number of ether oxygens (including phenoxy) is 1. The summed E-state index contributed by atoms with van der Waals surface area (Å²) in [7, 11) is 1.71. The van der Waals surface area contributed by atoms with E-state index in [9.17, 15) is 9.59 Å². The van der Waals surface area contributed by atoms with E-state index < -0.39 is 11.4 Å². The molecule has 1 aromatic heterocycles. The van der Waals surface area contributed by atoms with Gasteiger partial charge in [0.1, 0.15) is 23.6 Å². The van der Waals surface area contributed by atoms with Crippen LogP contribution in [-0.2, 0) is 18.4 Å². The number of aromatic nitrogens is 2. The lowest BCUT2D eigenvalue weighted by molar-refractivity contribution is -0.127. The fourth-order valence-electron chi connectivity index (χ4n) is 3.52. The van der Waals surface area contributed by atoms with E-state index in [0.717, 1.165) is 12.0 Å². The molecule has 2 amide bonds. The molecule has 1 saturated carbocycles. The number of carbonyl (C=O) groups is 2. The molecule has 144 valence electrons. The van der Waals surface area contributed by atoms with Crippen molar-refractivity contribution in [3.05, 3.63) is 59.8 Å². The summed E-state index contributed by atoms with van der Waals surface area (Å²) >= 11 is 0. The average molecular weight is 378 g/mol. The third-order valence-electron chi connectivity index (χ3n) is 5.30. The van der Waals surface area contributed by atoms with Crippen LogP contribution in [0.15, 0.2) is 48.5 Å². The minimum Gasteiger partial charge on any atom is -0.489 e. The van der Waals surface area contributed by atoms with Crippen LogP contribution in [0.4, 0.5) is 0 Å². The number of primary amides is 1. The third-order valence-corrected chi connectivity index (χ3v) is 5.30. The molecule has 4 rings (SSSR count). The summed E-state index contributed by atoms with van der Waals surface area (Å²) in [5.74, 6) is -0.208. The van der Waals surface area contributed by atoms with Crippen LogP contribution in [0.2, 0.25) is 0 Å². The Bertz CT molecular complexity index is 1040. The molecule has 1 aliphatic rings. The zero-order valence-electron chi connectivity index (χ0n) is 15.6. The summed E-state index contributed by atoms with van der Waals surface area (Å²) in [6.45, 7) is 0.429. The van der Waals surface area contributed by atoms with Crippen LogP contribution >= 0.6 is 0 Å². The average Bonchev–Trinajstić information content (AvgIpc) is 2.98. The van der Waals surface area contributed by atoms with Gasteiger partial charge in [0.2, 0.25) is 5.91 Å². The first-order chi connectivity index (χ1) is 13.5. The zero-order valence-corrected chi connectivity index (χ0v) is 15.6. The van der Waals surface area contributed by atoms with Crippen molar-refractivity contribution in [3.63, 3.8) is 0 Å². The predicted octanol–water partition coefficient (Wildman–Crippen LogP) is 2.29. The van der Waals surface area contributed by atoms with E-state index in [1.54, 1.807) is 13.1 Å². The van der Waals surface area contributed by atoms with Crippen molar-refractivity contribution >= 4 is 22.7 Å². The first-order valence-corrected chi connectivity index (χ1v) is 9.24. The highest BCUT2D eigenvalue weighted by molar-refractivity contribution is 6.07. The quantitative estimate of drug-likeness (QED) is 0.687. The van der Waals surface area contributed by atoms with Gasteiger partial charge in [-0.2, -0.15) is 5.10 Å². The van der Waals surface area contributed by atoms with Crippen LogP contribution in [0.5, 0.6) is 5.75 Å². The fraction of sp³-hybridized carbons (Fsp3) is 0.286. The number of rotatable bonds is 6. The van der Waals surface area contributed by atoms with Gasteiger partial charge in [-0.3, -0.25) is 14.3 Å². The van der Waals surface area contributed by atoms with Crippen molar-refractivity contribution in [2.45, 2.75) is 31.4 Å². The number of hydrogen-bond acceptors (Lipinski definition) is 4. The molecule has 0 aliphatic heterocycles. The highest BCUT2D eigenvalue weighted by atomic mass is 16.5. The number of amides is 2. The predicted molar refractivity (Wildman–Crippen MR) is 105 cm³/mol. The molecule has 1 fully saturated rings. The first kappa shape index (κ1) is 18.0. The van der Waals surface area contributed by atoms with E-state index >= 15 is 0 Å². The SMILES string of the molecule is Cn1nc2ccc(OCc3ccccc3)cc2c1C(=O)NC1(C(N)=O)CCC1. The Morgan fingerprint density at radius 3 is 2.61 bits per heavy atom.